The smallest absolute Gasteiger partial charge is 0.180 e. The normalized spacial score (nSPS) is 10.8. The Bertz CT molecular complexity index is 750. The Hall–Kier alpha value is -2.08. The zero-order valence-electron chi connectivity index (χ0n) is 10.2. The van der Waals surface area contributed by atoms with Gasteiger partial charge in [0.25, 0.3) is 0 Å². The number of benzene rings is 1. The molecule has 3 rings (SSSR count). The summed E-state index contributed by atoms with van der Waals surface area (Å²) in [4.78, 5) is 12.1. The largest absolute Gasteiger partial charge is 0.399 e. The van der Waals surface area contributed by atoms with Crippen molar-refractivity contribution in [1.82, 2.24) is 15.0 Å². The van der Waals surface area contributed by atoms with Gasteiger partial charge in [0, 0.05) is 22.8 Å². The molecule has 0 amide bonds. The SMILES string of the molecule is CNc1ccc2[nH]c(-c3cc(N)ccc3Br)nc2n1. The number of hydrogen-bond donors (Lipinski definition) is 3. The lowest BCUT2D eigenvalue weighted by Crippen LogP contribution is -1.91. The molecule has 0 atom stereocenters. The van der Waals surface area contributed by atoms with E-state index in [0.29, 0.717) is 11.3 Å². The van der Waals surface area contributed by atoms with E-state index in [4.69, 9.17) is 5.73 Å². The first-order valence-corrected chi connectivity index (χ1v) is 6.56. The van der Waals surface area contributed by atoms with Crippen molar-refractivity contribution in [2.24, 2.45) is 0 Å². The molecule has 6 heteroatoms. The van der Waals surface area contributed by atoms with Gasteiger partial charge in [-0.3, -0.25) is 0 Å². The monoisotopic (exact) mass is 317 g/mol. The molecule has 96 valence electrons. The molecule has 0 fully saturated rings. The van der Waals surface area contributed by atoms with Gasteiger partial charge in [0.1, 0.15) is 11.6 Å². The number of halogens is 1. The quantitative estimate of drug-likeness (QED) is 0.635. The summed E-state index contributed by atoms with van der Waals surface area (Å²) in [6.07, 6.45) is 0. The lowest BCUT2D eigenvalue weighted by Gasteiger charge is -2.01. The number of nitrogens with zero attached hydrogens (tertiary/aromatic N) is 2. The maximum Gasteiger partial charge on any atom is 0.180 e. The van der Waals surface area contributed by atoms with Crippen molar-refractivity contribution < 1.29 is 0 Å². The van der Waals surface area contributed by atoms with Crippen molar-refractivity contribution in [2.75, 3.05) is 18.1 Å². The van der Waals surface area contributed by atoms with E-state index in [1.54, 1.807) is 0 Å². The number of nitrogen functional groups attached to an aromatic ring is 1. The van der Waals surface area contributed by atoms with Crippen molar-refractivity contribution in [2.45, 2.75) is 0 Å². The van der Waals surface area contributed by atoms with Gasteiger partial charge in [0.15, 0.2) is 5.65 Å². The number of rotatable bonds is 2. The van der Waals surface area contributed by atoms with Gasteiger partial charge in [-0.1, -0.05) is 15.9 Å². The van der Waals surface area contributed by atoms with Crippen LogP contribution in [0.4, 0.5) is 11.5 Å². The van der Waals surface area contributed by atoms with Crippen molar-refractivity contribution in [3.63, 3.8) is 0 Å². The third-order valence-corrected chi connectivity index (χ3v) is 3.54. The van der Waals surface area contributed by atoms with Crippen LogP contribution < -0.4 is 11.1 Å². The molecule has 4 N–H and O–H groups in total. The third kappa shape index (κ3) is 2.15. The summed E-state index contributed by atoms with van der Waals surface area (Å²) in [7, 11) is 1.83. The Morgan fingerprint density at radius 1 is 1.21 bits per heavy atom. The molecular formula is C13H12BrN5. The number of pyridine rings is 1. The molecule has 0 radical (unpaired) electrons. The minimum absolute atomic E-state index is 0.677. The molecule has 0 saturated heterocycles. The Labute approximate surface area is 118 Å². The van der Waals surface area contributed by atoms with Crippen LogP contribution in [0.1, 0.15) is 0 Å². The van der Waals surface area contributed by atoms with Crippen molar-refractivity contribution in [3.8, 4) is 11.4 Å². The summed E-state index contributed by atoms with van der Waals surface area (Å²) in [5, 5.41) is 2.99. The first-order chi connectivity index (χ1) is 9.17. The lowest BCUT2D eigenvalue weighted by atomic mass is 10.2. The topological polar surface area (TPSA) is 79.6 Å². The highest BCUT2D eigenvalue weighted by Crippen LogP contribution is 2.29. The fraction of sp³-hybridized carbons (Fsp3) is 0.0769. The van der Waals surface area contributed by atoms with Crippen molar-refractivity contribution in [3.05, 3.63) is 34.8 Å². The number of aromatic amines is 1. The number of H-pyrrole nitrogens is 1. The number of aromatic nitrogens is 3. The first kappa shape index (κ1) is 12.0. The molecule has 19 heavy (non-hydrogen) atoms. The van der Waals surface area contributed by atoms with Crippen LogP contribution in [-0.2, 0) is 0 Å². The summed E-state index contributed by atoms with van der Waals surface area (Å²) in [6.45, 7) is 0. The maximum absolute atomic E-state index is 5.82. The minimum atomic E-state index is 0.677. The molecular weight excluding hydrogens is 306 g/mol. The molecule has 2 aromatic heterocycles. The highest BCUT2D eigenvalue weighted by atomic mass is 79.9. The second kappa shape index (κ2) is 4.55. The van der Waals surface area contributed by atoms with Crippen molar-refractivity contribution >= 4 is 38.6 Å². The Kier molecular flexibility index (Phi) is 2.87. The first-order valence-electron chi connectivity index (χ1n) is 5.77. The number of nitrogens with two attached hydrogens (primary N) is 1. The Balaban J connectivity index is 2.17. The summed E-state index contributed by atoms with van der Waals surface area (Å²) in [5.41, 5.74) is 9.00. The predicted molar refractivity (Wildman–Crippen MR) is 81.0 cm³/mol. The van der Waals surface area contributed by atoms with Crippen molar-refractivity contribution in [1.29, 1.82) is 0 Å². The molecule has 0 unspecified atom stereocenters. The van der Waals surface area contributed by atoms with E-state index in [1.807, 2.05) is 37.4 Å². The fourth-order valence-corrected chi connectivity index (χ4v) is 2.32. The molecule has 1 aromatic carbocycles. The molecule has 5 nitrogen and oxygen atoms in total. The van der Waals surface area contributed by atoms with E-state index in [2.05, 4.69) is 36.2 Å². The molecule has 3 aromatic rings. The highest BCUT2D eigenvalue weighted by Gasteiger charge is 2.10. The summed E-state index contributed by atoms with van der Waals surface area (Å²) < 4.78 is 0.939. The fourth-order valence-electron chi connectivity index (χ4n) is 1.88. The molecule has 0 aliphatic carbocycles. The van der Waals surface area contributed by atoms with E-state index in [-0.39, 0.29) is 0 Å². The maximum atomic E-state index is 5.82. The van der Waals surface area contributed by atoms with Crippen LogP contribution in [-0.4, -0.2) is 22.0 Å². The van der Waals surface area contributed by atoms with Crippen LogP contribution in [0.2, 0.25) is 0 Å². The zero-order valence-corrected chi connectivity index (χ0v) is 11.8. The van der Waals surface area contributed by atoms with Gasteiger partial charge in [0.2, 0.25) is 0 Å². The van der Waals surface area contributed by atoms with E-state index in [1.165, 1.54) is 0 Å². The molecule has 2 heterocycles. The molecule has 0 aliphatic rings. The third-order valence-electron chi connectivity index (χ3n) is 2.85. The van der Waals surface area contributed by atoms with Gasteiger partial charge < -0.3 is 16.0 Å². The number of anilines is 2. The van der Waals surface area contributed by atoms with E-state index < -0.39 is 0 Å². The van der Waals surface area contributed by atoms with Gasteiger partial charge >= 0.3 is 0 Å². The summed E-state index contributed by atoms with van der Waals surface area (Å²) in [6, 6.07) is 9.47. The van der Waals surface area contributed by atoms with E-state index in [9.17, 15) is 0 Å². The second-order valence-electron chi connectivity index (χ2n) is 4.14. The number of fused-ring (bicyclic) bond motifs is 1. The number of hydrogen-bond acceptors (Lipinski definition) is 4. The van der Waals surface area contributed by atoms with Gasteiger partial charge in [-0.2, -0.15) is 0 Å². The Morgan fingerprint density at radius 2 is 2.05 bits per heavy atom. The minimum Gasteiger partial charge on any atom is -0.399 e. The predicted octanol–water partition coefficient (Wildman–Crippen LogP) is 3.01. The number of imidazole rings is 1. The second-order valence-corrected chi connectivity index (χ2v) is 5.00. The summed E-state index contributed by atoms with van der Waals surface area (Å²) in [5.74, 6) is 1.53. The van der Waals surface area contributed by atoms with Gasteiger partial charge in [-0.25, -0.2) is 9.97 Å². The Morgan fingerprint density at radius 3 is 2.84 bits per heavy atom. The average molecular weight is 318 g/mol. The zero-order chi connectivity index (χ0) is 13.4. The van der Waals surface area contributed by atoms with Gasteiger partial charge in [-0.05, 0) is 30.3 Å². The highest BCUT2D eigenvalue weighted by molar-refractivity contribution is 9.10. The van der Waals surface area contributed by atoms with E-state index in [0.717, 1.165) is 27.2 Å². The van der Waals surface area contributed by atoms with Crippen LogP contribution in [0, 0.1) is 0 Å². The van der Waals surface area contributed by atoms with Crippen LogP contribution in [0.25, 0.3) is 22.6 Å². The van der Waals surface area contributed by atoms with Crippen LogP contribution >= 0.6 is 15.9 Å². The van der Waals surface area contributed by atoms with Gasteiger partial charge in [0.05, 0.1) is 5.52 Å². The molecule has 0 saturated carbocycles. The van der Waals surface area contributed by atoms with Crippen LogP contribution in [0.3, 0.4) is 0 Å². The number of nitrogens with one attached hydrogen (secondary N) is 2. The van der Waals surface area contributed by atoms with Crippen LogP contribution in [0.15, 0.2) is 34.8 Å². The lowest BCUT2D eigenvalue weighted by molar-refractivity contribution is 1.28. The average Bonchev–Trinajstić information content (AvgIpc) is 2.83. The van der Waals surface area contributed by atoms with Crippen LogP contribution in [0.5, 0.6) is 0 Å². The summed E-state index contributed by atoms with van der Waals surface area (Å²) >= 11 is 3.50. The molecule has 0 bridgehead atoms. The van der Waals surface area contributed by atoms with Gasteiger partial charge in [-0.15, -0.1) is 0 Å². The molecule has 0 aliphatic heterocycles. The van der Waals surface area contributed by atoms with E-state index >= 15 is 0 Å². The molecule has 0 spiro atoms. The standard InChI is InChI=1S/C13H12BrN5/c1-16-11-5-4-10-13(18-11)19-12(17-10)8-6-7(15)2-3-9(8)14/h2-6H,15H2,1H3,(H2,16,17,18,19).